The van der Waals surface area contributed by atoms with Crippen molar-refractivity contribution in [2.45, 2.75) is 6.42 Å². The summed E-state index contributed by atoms with van der Waals surface area (Å²) in [6, 6.07) is 2.07. The summed E-state index contributed by atoms with van der Waals surface area (Å²) in [6.07, 6.45) is 2.45. The van der Waals surface area contributed by atoms with Gasteiger partial charge in [0.15, 0.2) is 0 Å². The van der Waals surface area contributed by atoms with Crippen molar-refractivity contribution in [2.75, 3.05) is 6.61 Å². The van der Waals surface area contributed by atoms with E-state index in [9.17, 15) is 0 Å². The largest absolute Gasteiger partial charge is 0.396 e. The van der Waals surface area contributed by atoms with Crippen molar-refractivity contribution in [1.82, 2.24) is 9.55 Å². The maximum absolute atomic E-state index is 8.87. The van der Waals surface area contributed by atoms with Crippen LogP contribution in [0.5, 0.6) is 0 Å². The lowest BCUT2D eigenvalue weighted by molar-refractivity contribution is 0.295. The fourth-order valence-corrected chi connectivity index (χ4v) is 2.93. The molecule has 15 heavy (non-hydrogen) atoms. The number of aliphatic hydroxyl groups excluding tert-OH is 1. The molecule has 0 aliphatic rings. The van der Waals surface area contributed by atoms with Crippen molar-refractivity contribution in [3.8, 4) is 10.6 Å². The first-order chi connectivity index (χ1) is 7.22. The highest BCUT2D eigenvalue weighted by Crippen LogP contribution is 2.29. The molecule has 5 heteroatoms. The van der Waals surface area contributed by atoms with E-state index in [-0.39, 0.29) is 6.61 Å². The van der Waals surface area contributed by atoms with Gasteiger partial charge in [0.05, 0.1) is 23.4 Å². The molecule has 0 unspecified atom stereocenters. The van der Waals surface area contributed by atoms with Crippen LogP contribution in [0.2, 0.25) is 0 Å². The summed E-state index contributed by atoms with van der Waals surface area (Å²) in [7, 11) is 1.97. The Bertz CT molecular complexity index is 464. The van der Waals surface area contributed by atoms with Gasteiger partial charge in [0.25, 0.3) is 0 Å². The Morgan fingerprint density at radius 1 is 1.60 bits per heavy atom. The quantitative estimate of drug-likeness (QED) is 0.941. The van der Waals surface area contributed by atoms with Crippen molar-refractivity contribution in [3.05, 3.63) is 27.9 Å². The molecule has 0 aliphatic carbocycles. The monoisotopic (exact) mass is 286 g/mol. The van der Waals surface area contributed by atoms with E-state index in [2.05, 4.69) is 27.0 Å². The highest BCUT2D eigenvalue weighted by atomic mass is 79.9. The van der Waals surface area contributed by atoms with Crippen LogP contribution in [0.15, 0.2) is 22.1 Å². The van der Waals surface area contributed by atoms with Crippen molar-refractivity contribution in [3.63, 3.8) is 0 Å². The summed E-state index contributed by atoms with van der Waals surface area (Å²) in [5.74, 6) is 0.914. The molecular formula is C10H11BrN2OS. The molecule has 0 amide bonds. The molecule has 3 nitrogen and oxygen atoms in total. The fraction of sp³-hybridized carbons (Fsp3) is 0.300. The Kier molecular flexibility index (Phi) is 3.23. The van der Waals surface area contributed by atoms with E-state index < -0.39 is 0 Å². The van der Waals surface area contributed by atoms with E-state index in [1.54, 1.807) is 11.3 Å². The standard InChI is InChI=1S/C10H11BrN2OS/c1-13-8(5-12-10(13)2-3-14)9-4-7(11)6-15-9/h4-6,14H,2-3H2,1H3. The van der Waals surface area contributed by atoms with Gasteiger partial charge >= 0.3 is 0 Å². The van der Waals surface area contributed by atoms with Gasteiger partial charge in [-0.25, -0.2) is 4.98 Å². The Hall–Kier alpha value is -0.650. The molecular weight excluding hydrogens is 276 g/mol. The number of aliphatic hydroxyl groups is 1. The van der Waals surface area contributed by atoms with Crippen LogP contribution in [0.4, 0.5) is 0 Å². The number of imidazole rings is 1. The Morgan fingerprint density at radius 2 is 2.40 bits per heavy atom. The maximum Gasteiger partial charge on any atom is 0.111 e. The smallest absolute Gasteiger partial charge is 0.111 e. The number of nitrogens with zero attached hydrogens (tertiary/aromatic N) is 2. The lowest BCUT2D eigenvalue weighted by Crippen LogP contribution is -2.01. The Balaban J connectivity index is 2.37. The van der Waals surface area contributed by atoms with Crippen LogP contribution in [0.1, 0.15) is 5.82 Å². The fourth-order valence-electron chi connectivity index (χ4n) is 1.46. The zero-order valence-corrected chi connectivity index (χ0v) is 10.7. The van der Waals surface area contributed by atoms with Crippen LogP contribution in [0.25, 0.3) is 10.6 Å². The first kappa shape index (κ1) is 10.9. The predicted molar refractivity (Wildman–Crippen MR) is 65.0 cm³/mol. The van der Waals surface area contributed by atoms with Gasteiger partial charge in [-0.2, -0.15) is 0 Å². The third-order valence-electron chi connectivity index (χ3n) is 2.24. The average Bonchev–Trinajstić information content (AvgIpc) is 2.76. The topological polar surface area (TPSA) is 38.0 Å². The molecule has 0 aromatic carbocycles. The highest BCUT2D eigenvalue weighted by Gasteiger charge is 2.09. The van der Waals surface area contributed by atoms with Crippen LogP contribution < -0.4 is 0 Å². The van der Waals surface area contributed by atoms with Crippen LogP contribution in [-0.4, -0.2) is 21.3 Å². The van der Waals surface area contributed by atoms with Gasteiger partial charge in [-0.15, -0.1) is 11.3 Å². The van der Waals surface area contributed by atoms with Gasteiger partial charge in [0, 0.05) is 23.3 Å². The van der Waals surface area contributed by atoms with Gasteiger partial charge in [-0.3, -0.25) is 0 Å². The Labute approximate surface area is 101 Å². The summed E-state index contributed by atoms with van der Waals surface area (Å²) in [4.78, 5) is 5.47. The average molecular weight is 287 g/mol. The van der Waals surface area contributed by atoms with E-state index in [0.29, 0.717) is 6.42 Å². The van der Waals surface area contributed by atoms with Gasteiger partial charge < -0.3 is 9.67 Å². The molecule has 2 rings (SSSR count). The van der Waals surface area contributed by atoms with Crippen LogP contribution in [0, 0.1) is 0 Å². The number of hydrogen-bond acceptors (Lipinski definition) is 3. The first-order valence-corrected chi connectivity index (χ1v) is 6.25. The molecule has 0 aliphatic heterocycles. The summed E-state index contributed by atoms with van der Waals surface area (Å²) in [6.45, 7) is 0.137. The normalized spacial score (nSPS) is 10.9. The molecule has 0 atom stereocenters. The second-order valence-electron chi connectivity index (χ2n) is 3.22. The Morgan fingerprint density at radius 3 is 3.00 bits per heavy atom. The second-order valence-corrected chi connectivity index (χ2v) is 5.05. The van der Waals surface area contributed by atoms with Gasteiger partial charge in [-0.1, -0.05) is 0 Å². The van der Waals surface area contributed by atoms with E-state index in [0.717, 1.165) is 16.0 Å². The summed E-state index contributed by atoms with van der Waals surface area (Å²) in [5.41, 5.74) is 1.09. The number of thiophene rings is 1. The third kappa shape index (κ3) is 2.14. The van der Waals surface area contributed by atoms with E-state index in [4.69, 9.17) is 5.11 Å². The van der Waals surface area contributed by atoms with E-state index in [1.807, 2.05) is 23.2 Å². The highest BCUT2D eigenvalue weighted by molar-refractivity contribution is 9.10. The molecule has 1 N–H and O–H groups in total. The lowest BCUT2D eigenvalue weighted by Gasteiger charge is -2.02. The van der Waals surface area contributed by atoms with E-state index in [1.165, 1.54) is 4.88 Å². The number of aromatic nitrogens is 2. The van der Waals surface area contributed by atoms with Crippen molar-refractivity contribution < 1.29 is 5.11 Å². The zero-order chi connectivity index (χ0) is 10.8. The molecule has 0 bridgehead atoms. The maximum atomic E-state index is 8.87. The minimum absolute atomic E-state index is 0.137. The third-order valence-corrected chi connectivity index (χ3v) is 3.95. The van der Waals surface area contributed by atoms with Crippen LogP contribution in [0.3, 0.4) is 0 Å². The number of halogens is 1. The lowest BCUT2D eigenvalue weighted by atomic mass is 10.3. The van der Waals surface area contributed by atoms with Crippen molar-refractivity contribution >= 4 is 27.3 Å². The number of hydrogen-bond donors (Lipinski definition) is 1. The minimum Gasteiger partial charge on any atom is -0.396 e. The van der Waals surface area contributed by atoms with Crippen molar-refractivity contribution in [2.24, 2.45) is 7.05 Å². The zero-order valence-electron chi connectivity index (χ0n) is 8.27. The molecule has 2 aromatic rings. The van der Waals surface area contributed by atoms with Gasteiger partial charge in [0.2, 0.25) is 0 Å². The number of rotatable bonds is 3. The van der Waals surface area contributed by atoms with Crippen LogP contribution >= 0.6 is 27.3 Å². The van der Waals surface area contributed by atoms with Crippen molar-refractivity contribution in [1.29, 1.82) is 0 Å². The SMILES string of the molecule is Cn1c(-c2cc(Br)cs2)cnc1CCO. The summed E-state index contributed by atoms with van der Waals surface area (Å²) in [5, 5.41) is 10.9. The molecule has 0 saturated carbocycles. The van der Waals surface area contributed by atoms with Gasteiger partial charge in [0.1, 0.15) is 5.82 Å². The molecule has 2 aromatic heterocycles. The summed E-state index contributed by atoms with van der Waals surface area (Å²) < 4.78 is 3.11. The van der Waals surface area contributed by atoms with E-state index >= 15 is 0 Å². The molecule has 0 radical (unpaired) electrons. The molecule has 0 spiro atoms. The summed E-state index contributed by atoms with van der Waals surface area (Å²) >= 11 is 5.11. The second kappa shape index (κ2) is 4.47. The van der Waals surface area contributed by atoms with Crippen LogP contribution in [-0.2, 0) is 13.5 Å². The molecule has 80 valence electrons. The molecule has 0 fully saturated rings. The van der Waals surface area contributed by atoms with Gasteiger partial charge in [-0.05, 0) is 22.0 Å². The minimum atomic E-state index is 0.137. The molecule has 0 saturated heterocycles. The predicted octanol–water partition coefficient (Wildman–Crippen LogP) is 2.45. The molecule has 2 heterocycles. The first-order valence-electron chi connectivity index (χ1n) is 4.58.